The molecule has 0 aliphatic heterocycles. The first-order chi connectivity index (χ1) is 10.8. The Kier molecular flexibility index (Phi) is 5.60. The summed E-state index contributed by atoms with van der Waals surface area (Å²) in [6.45, 7) is 4.39. The van der Waals surface area contributed by atoms with Crippen LogP contribution in [0.5, 0.6) is 0 Å². The lowest BCUT2D eigenvalue weighted by Gasteiger charge is -2.01. The molecule has 0 unspecified atom stereocenters. The van der Waals surface area contributed by atoms with E-state index in [0.29, 0.717) is 0 Å². The molecule has 2 heterocycles. The van der Waals surface area contributed by atoms with Gasteiger partial charge < -0.3 is 10.1 Å². The third kappa shape index (κ3) is 4.16. The van der Waals surface area contributed by atoms with Gasteiger partial charge in [0.05, 0.1) is 10.2 Å². The summed E-state index contributed by atoms with van der Waals surface area (Å²) < 4.78 is 8.41. The van der Waals surface area contributed by atoms with Gasteiger partial charge in [-0.25, -0.2) is 4.98 Å². The quantitative estimate of drug-likeness (QED) is 0.615. The Morgan fingerprint density at radius 3 is 2.95 bits per heavy atom. The van der Waals surface area contributed by atoms with Crippen LogP contribution < -0.4 is 5.32 Å². The van der Waals surface area contributed by atoms with Crippen LogP contribution in [0, 0.1) is 0 Å². The molecular formula is C14H16N4OS3. The van der Waals surface area contributed by atoms with Crippen molar-refractivity contribution >= 4 is 49.8 Å². The Labute approximate surface area is 141 Å². The minimum absolute atomic E-state index is 0.766. The van der Waals surface area contributed by atoms with E-state index in [4.69, 9.17) is 4.74 Å². The van der Waals surface area contributed by atoms with Gasteiger partial charge in [-0.1, -0.05) is 23.5 Å². The molecule has 1 N–H and O–H groups in total. The van der Waals surface area contributed by atoms with Crippen LogP contribution >= 0.6 is 34.4 Å². The van der Waals surface area contributed by atoms with Crippen molar-refractivity contribution in [2.75, 3.05) is 25.1 Å². The second kappa shape index (κ2) is 7.87. The first-order valence-electron chi connectivity index (χ1n) is 7.03. The molecule has 0 saturated carbocycles. The molecule has 8 heteroatoms. The zero-order chi connectivity index (χ0) is 15.2. The fourth-order valence-electron chi connectivity index (χ4n) is 1.81. The van der Waals surface area contributed by atoms with E-state index in [2.05, 4.69) is 26.6 Å². The van der Waals surface area contributed by atoms with Crippen molar-refractivity contribution in [3.05, 3.63) is 24.3 Å². The Hall–Kier alpha value is -1.22. The minimum Gasteiger partial charge on any atom is -0.382 e. The zero-order valence-corrected chi connectivity index (χ0v) is 14.6. The summed E-state index contributed by atoms with van der Waals surface area (Å²) in [5.74, 6) is 0. The average molecular weight is 353 g/mol. The lowest BCUT2D eigenvalue weighted by molar-refractivity contribution is 0.147. The van der Waals surface area contributed by atoms with Crippen LogP contribution in [-0.4, -0.2) is 34.9 Å². The topological polar surface area (TPSA) is 59.9 Å². The molecule has 0 fully saturated rings. The van der Waals surface area contributed by atoms with Gasteiger partial charge in [-0.3, -0.25) is 0 Å². The Morgan fingerprint density at radius 1 is 1.18 bits per heavy atom. The van der Waals surface area contributed by atoms with E-state index in [1.807, 2.05) is 25.1 Å². The molecule has 2 aromatic heterocycles. The summed E-state index contributed by atoms with van der Waals surface area (Å²) >= 11 is 4.81. The van der Waals surface area contributed by atoms with Gasteiger partial charge in [-0.15, -0.1) is 21.5 Å². The summed E-state index contributed by atoms with van der Waals surface area (Å²) in [6, 6.07) is 8.15. The smallest absolute Gasteiger partial charge is 0.206 e. The third-order valence-electron chi connectivity index (χ3n) is 2.80. The molecular weight excluding hydrogens is 336 g/mol. The summed E-state index contributed by atoms with van der Waals surface area (Å²) in [5.41, 5.74) is 1.04. The number of rotatable bonds is 8. The molecule has 0 aliphatic carbocycles. The number of fused-ring (bicyclic) bond motifs is 1. The standard InChI is InChI=1S/C14H16N4OS3/c1-2-19-9-5-8-15-12-17-18-14(21-12)22-13-16-10-6-3-4-7-11(10)20-13/h3-4,6-7H,2,5,8-9H2,1H3,(H,15,17). The predicted octanol–water partition coefficient (Wildman–Crippen LogP) is 4.14. The van der Waals surface area contributed by atoms with Gasteiger partial charge in [0.15, 0.2) is 8.68 Å². The SMILES string of the molecule is CCOCCCNc1nnc(Sc2nc3ccccc3s2)s1. The molecule has 0 spiro atoms. The fourth-order valence-corrected chi connectivity index (χ4v) is 4.85. The first kappa shape index (κ1) is 15.7. The van der Waals surface area contributed by atoms with Crippen LogP contribution in [0.4, 0.5) is 5.13 Å². The second-order valence-corrected chi connectivity index (χ2v) is 7.90. The van der Waals surface area contributed by atoms with E-state index in [1.165, 1.54) is 4.70 Å². The Balaban J connectivity index is 1.55. The van der Waals surface area contributed by atoms with Crippen molar-refractivity contribution < 1.29 is 4.74 Å². The molecule has 0 radical (unpaired) electrons. The highest BCUT2D eigenvalue weighted by molar-refractivity contribution is 8.02. The maximum absolute atomic E-state index is 5.30. The summed E-state index contributed by atoms with van der Waals surface area (Å²) in [4.78, 5) is 4.60. The number of hydrogen-bond donors (Lipinski definition) is 1. The molecule has 0 bridgehead atoms. The number of anilines is 1. The number of thiazole rings is 1. The van der Waals surface area contributed by atoms with Crippen molar-refractivity contribution in [3.8, 4) is 0 Å². The number of nitrogens with zero attached hydrogens (tertiary/aromatic N) is 3. The molecule has 116 valence electrons. The highest BCUT2D eigenvalue weighted by atomic mass is 32.2. The number of para-hydroxylation sites is 1. The molecule has 0 aliphatic rings. The van der Waals surface area contributed by atoms with E-state index in [9.17, 15) is 0 Å². The second-order valence-electron chi connectivity index (χ2n) is 4.40. The zero-order valence-electron chi connectivity index (χ0n) is 12.1. The summed E-state index contributed by atoms with van der Waals surface area (Å²) in [7, 11) is 0. The summed E-state index contributed by atoms with van der Waals surface area (Å²) in [5, 5.41) is 12.5. The van der Waals surface area contributed by atoms with Gasteiger partial charge in [0.1, 0.15) is 0 Å². The van der Waals surface area contributed by atoms with Crippen molar-refractivity contribution in [2.24, 2.45) is 0 Å². The van der Waals surface area contributed by atoms with Crippen LogP contribution in [0.25, 0.3) is 10.2 Å². The molecule has 5 nitrogen and oxygen atoms in total. The normalized spacial score (nSPS) is 11.1. The van der Waals surface area contributed by atoms with Gasteiger partial charge in [-0.2, -0.15) is 0 Å². The van der Waals surface area contributed by atoms with Crippen molar-refractivity contribution in [3.63, 3.8) is 0 Å². The van der Waals surface area contributed by atoms with Gasteiger partial charge in [-0.05, 0) is 37.2 Å². The van der Waals surface area contributed by atoms with Crippen LogP contribution in [-0.2, 0) is 4.74 Å². The summed E-state index contributed by atoms with van der Waals surface area (Å²) in [6.07, 6.45) is 0.966. The van der Waals surface area contributed by atoms with Gasteiger partial charge in [0.2, 0.25) is 5.13 Å². The van der Waals surface area contributed by atoms with E-state index < -0.39 is 0 Å². The van der Waals surface area contributed by atoms with Gasteiger partial charge in [0.25, 0.3) is 0 Å². The molecule has 3 rings (SSSR count). The Morgan fingerprint density at radius 2 is 2.09 bits per heavy atom. The van der Waals surface area contributed by atoms with Crippen LogP contribution in [0.3, 0.4) is 0 Å². The number of nitrogens with one attached hydrogen (secondary N) is 1. The van der Waals surface area contributed by atoms with E-state index in [0.717, 1.165) is 45.5 Å². The number of benzene rings is 1. The van der Waals surface area contributed by atoms with E-state index in [-0.39, 0.29) is 0 Å². The lowest BCUT2D eigenvalue weighted by Crippen LogP contribution is -2.05. The van der Waals surface area contributed by atoms with Crippen LogP contribution in [0.15, 0.2) is 32.9 Å². The molecule has 0 atom stereocenters. The van der Waals surface area contributed by atoms with Crippen molar-refractivity contribution in [1.29, 1.82) is 0 Å². The van der Waals surface area contributed by atoms with Crippen LogP contribution in [0.1, 0.15) is 13.3 Å². The highest BCUT2D eigenvalue weighted by Gasteiger charge is 2.09. The molecule has 22 heavy (non-hydrogen) atoms. The maximum atomic E-state index is 5.30. The van der Waals surface area contributed by atoms with Crippen molar-refractivity contribution in [2.45, 2.75) is 22.0 Å². The molecule has 0 amide bonds. The lowest BCUT2D eigenvalue weighted by atomic mass is 10.3. The molecule has 1 aromatic carbocycles. The molecule has 3 aromatic rings. The number of aromatic nitrogens is 3. The number of hydrogen-bond acceptors (Lipinski definition) is 8. The maximum Gasteiger partial charge on any atom is 0.206 e. The van der Waals surface area contributed by atoms with Crippen LogP contribution in [0.2, 0.25) is 0 Å². The first-order valence-corrected chi connectivity index (χ1v) is 9.48. The van der Waals surface area contributed by atoms with Gasteiger partial charge >= 0.3 is 0 Å². The van der Waals surface area contributed by atoms with E-state index >= 15 is 0 Å². The largest absolute Gasteiger partial charge is 0.382 e. The highest BCUT2D eigenvalue weighted by Crippen LogP contribution is 2.36. The fraction of sp³-hybridized carbons (Fsp3) is 0.357. The predicted molar refractivity (Wildman–Crippen MR) is 93.3 cm³/mol. The van der Waals surface area contributed by atoms with E-state index in [1.54, 1.807) is 34.4 Å². The van der Waals surface area contributed by atoms with Gasteiger partial charge in [0, 0.05) is 19.8 Å². The average Bonchev–Trinajstić information content (AvgIpc) is 3.13. The molecule has 0 saturated heterocycles. The number of ether oxygens (including phenoxy) is 1. The monoisotopic (exact) mass is 352 g/mol. The van der Waals surface area contributed by atoms with Crippen molar-refractivity contribution in [1.82, 2.24) is 15.2 Å². The Bertz CT molecular complexity index is 695. The minimum atomic E-state index is 0.766. The third-order valence-corrected chi connectivity index (χ3v) is 5.83.